The van der Waals surface area contributed by atoms with Crippen molar-refractivity contribution in [1.82, 2.24) is 14.9 Å². The molecule has 0 radical (unpaired) electrons. The number of halogens is 2. The number of carboxylic acids is 1. The van der Waals surface area contributed by atoms with Gasteiger partial charge in [-0.3, -0.25) is 9.36 Å². The lowest BCUT2D eigenvalue weighted by Crippen LogP contribution is -2.27. The van der Waals surface area contributed by atoms with Gasteiger partial charge in [-0.1, -0.05) is 23.9 Å². The first-order valence-corrected chi connectivity index (χ1v) is 9.63. The molecule has 9 heteroatoms. The highest BCUT2D eigenvalue weighted by Gasteiger charge is 2.18. The smallest absolute Gasteiger partial charge is 0.354 e. The van der Waals surface area contributed by atoms with E-state index in [2.05, 4.69) is 10.3 Å². The minimum atomic E-state index is -1.18. The van der Waals surface area contributed by atoms with E-state index in [1.165, 1.54) is 47.2 Å². The molecule has 0 bridgehead atoms. The van der Waals surface area contributed by atoms with Gasteiger partial charge in [0, 0.05) is 12.2 Å². The van der Waals surface area contributed by atoms with Crippen LogP contribution in [0.4, 0.5) is 8.78 Å². The molecule has 150 valence electrons. The first-order chi connectivity index (χ1) is 13.9. The molecule has 6 nitrogen and oxygen atoms in total. The molecule has 0 fully saturated rings. The third-order valence-electron chi connectivity index (χ3n) is 4.01. The third-order valence-corrected chi connectivity index (χ3v) is 4.97. The molecule has 0 unspecified atom stereocenters. The maximum atomic E-state index is 13.2. The number of carbonyl (C=O) groups is 2. The average Bonchev–Trinajstić information content (AvgIpc) is 3.13. The summed E-state index contributed by atoms with van der Waals surface area (Å²) in [5.41, 5.74) is 1.24. The number of rotatable bonds is 8. The first kappa shape index (κ1) is 20.5. The molecule has 0 aliphatic heterocycles. The van der Waals surface area contributed by atoms with Crippen molar-refractivity contribution in [2.75, 3.05) is 12.3 Å². The molecule has 0 saturated heterocycles. The SMILES string of the molecule is O=C(CSc1ncc(C(=O)O)n1-c1ccc(F)cc1)NCCc1ccc(F)cc1. The lowest BCUT2D eigenvalue weighted by Gasteiger charge is -2.10. The summed E-state index contributed by atoms with van der Waals surface area (Å²) in [6.07, 6.45) is 1.75. The van der Waals surface area contributed by atoms with Gasteiger partial charge in [-0.2, -0.15) is 0 Å². The summed E-state index contributed by atoms with van der Waals surface area (Å²) in [6.45, 7) is 0.387. The predicted octanol–water partition coefficient (Wildman–Crippen LogP) is 3.30. The Morgan fingerprint density at radius 2 is 1.66 bits per heavy atom. The summed E-state index contributed by atoms with van der Waals surface area (Å²) >= 11 is 1.07. The van der Waals surface area contributed by atoms with Crippen molar-refractivity contribution in [2.45, 2.75) is 11.6 Å². The van der Waals surface area contributed by atoms with E-state index >= 15 is 0 Å². The van der Waals surface area contributed by atoms with Crippen LogP contribution in [0.15, 0.2) is 59.9 Å². The lowest BCUT2D eigenvalue weighted by molar-refractivity contribution is -0.118. The molecular weight excluding hydrogens is 400 g/mol. The minimum Gasteiger partial charge on any atom is -0.477 e. The Bertz CT molecular complexity index is 1000. The molecule has 0 atom stereocenters. The highest BCUT2D eigenvalue weighted by atomic mass is 32.2. The Kier molecular flexibility index (Phi) is 6.61. The Morgan fingerprint density at radius 3 is 2.28 bits per heavy atom. The number of aromatic carboxylic acids is 1. The standard InChI is InChI=1S/C20H17F2N3O3S/c21-14-3-1-13(2-4-14)9-10-23-18(26)12-29-20-24-11-17(19(27)28)25(20)16-7-5-15(22)6-8-16/h1-8,11H,9-10,12H2,(H,23,26)(H,27,28). The fourth-order valence-electron chi connectivity index (χ4n) is 2.61. The van der Waals surface area contributed by atoms with Gasteiger partial charge in [0.1, 0.15) is 11.6 Å². The lowest BCUT2D eigenvalue weighted by atomic mass is 10.1. The van der Waals surface area contributed by atoms with Crippen LogP contribution in [0.1, 0.15) is 16.1 Å². The van der Waals surface area contributed by atoms with Crippen LogP contribution in [-0.2, 0) is 11.2 Å². The molecular formula is C20H17F2N3O3S. The maximum absolute atomic E-state index is 13.2. The molecule has 1 heterocycles. The van der Waals surface area contributed by atoms with E-state index in [0.717, 1.165) is 17.3 Å². The zero-order chi connectivity index (χ0) is 20.8. The number of aromatic nitrogens is 2. The van der Waals surface area contributed by atoms with Crippen molar-refractivity contribution in [3.63, 3.8) is 0 Å². The van der Waals surface area contributed by atoms with Crippen molar-refractivity contribution < 1.29 is 23.5 Å². The van der Waals surface area contributed by atoms with Gasteiger partial charge in [-0.25, -0.2) is 18.6 Å². The third kappa shape index (κ3) is 5.41. The fraction of sp³-hybridized carbons (Fsp3) is 0.150. The molecule has 0 spiro atoms. The maximum Gasteiger partial charge on any atom is 0.354 e. The second-order valence-corrected chi connectivity index (χ2v) is 7.00. The summed E-state index contributed by atoms with van der Waals surface area (Å²) in [5, 5.41) is 12.4. The second kappa shape index (κ2) is 9.33. The monoisotopic (exact) mass is 417 g/mol. The minimum absolute atomic E-state index is 0.0285. The number of nitrogens with zero attached hydrogens (tertiary/aromatic N) is 2. The summed E-state index contributed by atoms with van der Waals surface area (Å²) in [4.78, 5) is 27.6. The average molecular weight is 417 g/mol. The zero-order valence-corrected chi connectivity index (χ0v) is 16.0. The zero-order valence-electron chi connectivity index (χ0n) is 15.1. The van der Waals surface area contributed by atoms with E-state index < -0.39 is 11.8 Å². The molecule has 1 amide bonds. The van der Waals surface area contributed by atoms with E-state index in [0.29, 0.717) is 23.8 Å². The van der Waals surface area contributed by atoms with Crippen molar-refractivity contribution in [3.05, 3.63) is 77.6 Å². The molecule has 2 aromatic carbocycles. The predicted molar refractivity (Wildman–Crippen MR) is 104 cm³/mol. The van der Waals surface area contributed by atoms with E-state index in [1.807, 2.05) is 0 Å². The van der Waals surface area contributed by atoms with Crippen molar-refractivity contribution in [1.29, 1.82) is 0 Å². The highest BCUT2D eigenvalue weighted by Crippen LogP contribution is 2.23. The number of benzene rings is 2. The topological polar surface area (TPSA) is 84.2 Å². The fourth-order valence-corrected chi connectivity index (χ4v) is 3.43. The molecule has 2 N–H and O–H groups in total. The van der Waals surface area contributed by atoms with Gasteiger partial charge in [-0.15, -0.1) is 0 Å². The van der Waals surface area contributed by atoms with Gasteiger partial charge < -0.3 is 10.4 Å². The molecule has 0 saturated carbocycles. The van der Waals surface area contributed by atoms with Crippen LogP contribution < -0.4 is 5.32 Å². The van der Waals surface area contributed by atoms with Crippen LogP contribution >= 0.6 is 11.8 Å². The number of carbonyl (C=O) groups excluding carboxylic acids is 1. The van der Waals surface area contributed by atoms with E-state index in [4.69, 9.17) is 0 Å². The van der Waals surface area contributed by atoms with Crippen molar-refractivity contribution >= 4 is 23.6 Å². The number of hydrogen-bond acceptors (Lipinski definition) is 4. The van der Waals surface area contributed by atoms with Gasteiger partial charge in [0.05, 0.1) is 11.9 Å². The van der Waals surface area contributed by atoms with E-state index in [-0.39, 0.29) is 23.2 Å². The van der Waals surface area contributed by atoms with Crippen molar-refractivity contribution in [3.8, 4) is 5.69 Å². The number of nitrogens with one attached hydrogen (secondary N) is 1. The van der Waals surface area contributed by atoms with Crippen molar-refractivity contribution in [2.24, 2.45) is 0 Å². The first-order valence-electron chi connectivity index (χ1n) is 8.65. The van der Waals surface area contributed by atoms with Crippen LogP contribution in [-0.4, -0.2) is 38.8 Å². The molecule has 3 rings (SSSR count). The summed E-state index contributed by atoms with van der Waals surface area (Å²) < 4.78 is 27.4. The van der Waals surface area contributed by atoms with Crippen LogP contribution in [0.3, 0.4) is 0 Å². The van der Waals surface area contributed by atoms with Crippen LogP contribution in [0.5, 0.6) is 0 Å². The van der Waals surface area contributed by atoms with Gasteiger partial charge in [0.15, 0.2) is 10.9 Å². The Balaban J connectivity index is 1.61. The molecule has 0 aliphatic rings. The van der Waals surface area contributed by atoms with Gasteiger partial charge in [-0.05, 0) is 48.4 Å². The summed E-state index contributed by atoms with van der Waals surface area (Å²) in [6, 6.07) is 11.4. The quantitative estimate of drug-likeness (QED) is 0.550. The van der Waals surface area contributed by atoms with E-state index in [1.54, 1.807) is 12.1 Å². The number of hydrogen-bond donors (Lipinski definition) is 2. The largest absolute Gasteiger partial charge is 0.477 e. The second-order valence-electron chi connectivity index (χ2n) is 6.06. The molecule has 1 aromatic heterocycles. The normalized spacial score (nSPS) is 10.7. The highest BCUT2D eigenvalue weighted by molar-refractivity contribution is 7.99. The number of imidazole rings is 1. The van der Waals surface area contributed by atoms with Gasteiger partial charge in [0.2, 0.25) is 5.91 Å². The molecule has 3 aromatic rings. The summed E-state index contributed by atoms with van der Waals surface area (Å²) in [5.74, 6) is -2.16. The number of amides is 1. The van der Waals surface area contributed by atoms with Crippen LogP contribution in [0, 0.1) is 11.6 Å². The van der Waals surface area contributed by atoms with Gasteiger partial charge in [0.25, 0.3) is 0 Å². The number of carboxylic acid groups (broad SMARTS) is 1. The molecule has 0 aliphatic carbocycles. The van der Waals surface area contributed by atoms with Crippen LogP contribution in [0.2, 0.25) is 0 Å². The van der Waals surface area contributed by atoms with Gasteiger partial charge >= 0.3 is 5.97 Å². The van der Waals surface area contributed by atoms with Crippen LogP contribution in [0.25, 0.3) is 5.69 Å². The summed E-state index contributed by atoms with van der Waals surface area (Å²) in [7, 11) is 0. The van der Waals surface area contributed by atoms with E-state index in [9.17, 15) is 23.5 Å². The Hall–Kier alpha value is -3.20. The molecule has 29 heavy (non-hydrogen) atoms. The Morgan fingerprint density at radius 1 is 1.03 bits per heavy atom. The Labute approximate surface area is 169 Å². The number of thioether (sulfide) groups is 1.